The Balaban J connectivity index is 1.90. The van der Waals surface area contributed by atoms with Gasteiger partial charge in [-0.3, -0.25) is 9.36 Å². The van der Waals surface area contributed by atoms with Crippen LogP contribution in [-0.2, 0) is 5.75 Å². The average molecular weight is 431 g/mol. The molecule has 0 atom stereocenters. The van der Waals surface area contributed by atoms with E-state index in [2.05, 4.69) is 4.98 Å². The largest absolute Gasteiger partial charge is 0.268 e. The molecule has 0 aliphatic rings. The SMILES string of the molecule is O=c1c2ccccc2nc(SCc2ccccc2F)n1-c1cc(Cl)ccc1Cl. The summed E-state index contributed by atoms with van der Waals surface area (Å²) in [6, 6.07) is 18.5. The maximum atomic E-state index is 14.0. The molecule has 0 unspecified atom stereocenters. The second-order valence-corrected chi connectivity index (χ2v) is 7.81. The van der Waals surface area contributed by atoms with Crippen molar-refractivity contribution in [2.45, 2.75) is 10.9 Å². The lowest BCUT2D eigenvalue weighted by molar-refractivity contribution is 0.617. The van der Waals surface area contributed by atoms with Crippen LogP contribution >= 0.6 is 35.0 Å². The Hall–Kier alpha value is -2.34. The van der Waals surface area contributed by atoms with Crippen LogP contribution in [0.5, 0.6) is 0 Å². The van der Waals surface area contributed by atoms with Crippen LogP contribution in [-0.4, -0.2) is 9.55 Å². The molecule has 4 rings (SSSR count). The summed E-state index contributed by atoms with van der Waals surface area (Å²) in [5, 5.41) is 1.70. The first kappa shape index (κ1) is 19.0. The summed E-state index contributed by atoms with van der Waals surface area (Å²) in [7, 11) is 0. The predicted octanol–water partition coefficient (Wildman–Crippen LogP) is 6.12. The van der Waals surface area contributed by atoms with Gasteiger partial charge in [-0.15, -0.1) is 0 Å². The quantitative estimate of drug-likeness (QED) is 0.288. The molecule has 3 nitrogen and oxygen atoms in total. The highest BCUT2D eigenvalue weighted by molar-refractivity contribution is 7.98. The van der Waals surface area contributed by atoms with Gasteiger partial charge in [0.2, 0.25) is 0 Å². The van der Waals surface area contributed by atoms with Crippen molar-refractivity contribution in [2.75, 3.05) is 0 Å². The Bertz CT molecular complexity index is 1240. The number of nitrogens with zero attached hydrogens (tertiary/aromatic N) is 2. The Morgan fingerprint density at radius 2 is 1.75 bits per heavy atom. The number of hydrogen-bond donors (Lipinski definition) is 0. The fourth-order valence-corrected chi connectivity index (χ4v) is 4.20. The van der Waals surface area contributed by atoms with Gasteiger partial charge >= 0.3 is 0 Å². The van der Waals surface area contributed by atoms with Gasteiger partial charge in [-0.2, -0.15) is 0 Å². The number of aromatic nitrogens is 2. The molecule has 3 aromatic carbocycles. The third-order valence-electron chi connectivity index (χ3n) is 4.21. The number of benzene rings is 3. The summed E-state index contributed by atoms with van der Waals surface area (Å²) >= 11 is 13.7. The van der Waals surface area contributed by atoms with Crippen LogP contribution in [0, 0.1) is 5.82 Å². The number of fused-ring (bicyclic) bond motifs is 1. The molecule has 140 valence electrons. The molecule has 0 spiro atoms. The predicted molar refractivity (Wildman–Crippen MR) is 113 cm³/mol. The Labute approximate surface area is 174 Å². The average Bonchev–Trinajstić information content (AvgIpc) is 2.70. The van der Waals surface area contributed by atoms with Gasteiger partial charge in [0.15, 0.2) is 5.16 Å². The highest BCUT2D eigenvalue weighted by atomic mass is 35.5. The normalized spacial score (nSPS) is 11.1. The summed E-state index contributed by atoms with van der Waals surface area (Å²) in [4.78, 5) is 17.9. The lowest BCUT2D eigenvalue weighted by Gasteiger charge is -2.15. The second-order valence-electron chi connectivity index (χ2n) is 6.03. The standard InChI is InChI=1S/C21H13Cl2FN2OS/c22-14-9-10-16(23)19(11-14)26-20(27)15-6-2-4-8-18(15)25-21(26)28-12-13-5-1-3-7-17(13)24/h1-11H,12H2. The molecule has 1 aromatic heterocycles. The van der Waals surface area contributed by atoms with E-state index in [0.717, 1.165) is 0 Å². The van der Waals surface area contributed by atoms with Crippen LogP contribution in [0.3, 0.4) is 0 Å². The van der Waals surface area contributed by atoms with Crippen molar-refractivity contribution >= 4 is 45.9 Å². The van der Waals surface area contributed by atoms with Crippen LogP contribution in [0.4, 0.5) is 4.39 Å². The summed E-state index contributed by atoms with van der Waals surface area (Å²) in [6.07, 6.45) is 0. The number of para-hydroxylation sites is 1. The van der Waals surface area contributed by atoms with E-state index in [1.807, 2.05) is 6.07 Å². The second kappa shape index (κ2) is 7.95. The first-order valence-corrected chi connectivity index (χ1v) is 10.1. The number of halogens is 3. The molecule has 0 saturated carbocycles. The van der Waals surface area contributed by atoms with Gasteiger partial charge in [0.25, 0.3) is 5.56 Å². The maximum absolute atomic E-state index is 14.0. The van der Waals surface area contributed by atoms with E-state index >= 15 is 0 Å². The monoisotopic (exact) mass is 430 g/mol. The summed E-state index contributed by atoms with van der Waals surface area (Å²) in [5.41, 5.74) is 1.27. The lowest BCUT2D eigenvalue weighted by Crippen LogP contribution is -2.22. The minimum Gasteiger partial charge on any atom is -0.268 e. The third kappa shape index (κ3) is 3.65. The van der Waals surface area contributed by atoms with Crippen molar-refractivity contribution in [3.05, 3.63) is 98.5 Å². The molecule has 28 heavy (non-hydrogen) atoms. The molecule has 0 aliphatic heterocycles. The minimum absolute atomic E-state index is 0.259. The van der Waals surface area contributed by atoms with Crippen molar-refractivity contribution in [1.29, 1.82) is 0 Å². The highest BCUT2D eigenvalue weighted by Crippen LogP contribution is 2.30. The van der Waals surface area contributed by atoms with E-state index < -0.39 is 0 Å². The van der Waals surface area contributed by atoms with Crippen molar-refractivity contribution in [3.63, 3.8) is 0 Å². The van der Waals surface area contributed by atoms with E-state index in [-0.39, 0.29) is 11.4 Å². The Kier molecular flexibility index (Phi) is 5.40. The van der Waals surface area contributed by atoms with E-state index in [0.29, 0.717) is 43.1 Å². The van der Waals surface area contributed by atoms with Crippen molar-refractivity contribution in [2.24, 2.45) is 0 Å². The summed E-state index contributed by atoms with van der Waals surface area (Å²) < 4.78 is 15.5. The molecular weight excluding hydrogens is 418 g/mol. The first-order valence-electron chi connectivity index (χ1n) is 8.38. The molecule has 0 saturated heterocycles. The molecule has 7 heteroatoms. The molecule has 4 aromatic rings. The molecule has 0 radical (unpaired) electrons. The molecule has 0 aliphatic carbocycles. The van der Waals surface area contributed by atoms with E-state index in [1.165, 1.54) is 22.4 Å². The van der Waals surface area contributed by atoms with Gasteiger partial charge in [0.1, 0.15) is 5.82 Å². The van der Waals surface area contributed by atoms with E-state index in [1.54, 1.807) is 54.6 Å². The molecule has 0 bridgehead atoms. The van der Waals surface area contributed by atoms with Gasteiger partial charge in [0.05, 0.1) is 21.6 Å². The van der Waals surface area contributed by atoms with Gasteiger partial charge in [-0.25, -0.2) is 9.37 Å². The lowest BCUT2D eigenvalue weighted by atomic mass is 10.2. The summed E-state index contributed by atoms with van der Waals surface area (Å²) in [6.45, 7) is 0. The zero-order valence-electron chi connectivity index (χ0n) is 14.4. The summed E-state index contributed by atoms with van der Waals surface area (Å²) in [5.74, 6) is 0.0146. The van der Waals surface area contributed by atoms with Crippen molar-refractivity contribution < 1.29 is 4.39 Å². The number of rotatable bonds is 4. The fraction of sp³-hybridized carbons (Fsp3) is 0.0476. The minimum atomic E-state index is -0.300. The van der Waals surface area contributed by atoms with Gasteiger partial charge in [0, 0.05) is 10.8 Å². The van der Waals surface area contributed by atoms with Crippen LogP contribution in [0.1, 0.15) is 5.56 Å². The maximum Gasteiger partial charge on any atom is 0.266 e. The Morgan fingerprint density at radius 3 is 2.57 bits per heavy atom. The van der Waals surface area contributed by atoms with Crippen molar-refractivity contribution in [3.8, 4) is 5.69 Å². The number of thioether (sulfide) groups is 1. The fourth-order valence-electron chi connectivity index (χ4n) is 2.84. The smallest absolute Gasteiger partial charge is 0.266 e. The highest BCUT2D eigenvalue weighted by Gasteiger charge is 2.16. The third-order valence-corrected chi connectivity index (χ3v) is 5.75. The van der Waals surface area contributed by atoms with Gasteiger partial charge in [-0.1, -0.05) is 65.3 Å². The molecule has 1 heterocycles. The topological polar surface area (TPSA) is 34.9 Å². The van der Waals surface area contributed by atoms with Gasteiger partial charge in [-0.05, 0) is 42.0 Å². The molecule has 0 N–H and O–H groups in total. The number of hydrogen-bond acceptors (Lipinski definition) is 3. The van der Waals surface area contributed by atoms with Crippen molar-refractivity contribution in [1.82, 2.24) is 9.55 Å². The first-order chi connectivity index (χ1) is 13.5. The van der Waals surface area contributed by atoms with Crippen LogP contribution in [0.25, 0.3) is 16.6 Å². The molecular formula is C21H13Cl2FN2OS. The van der Waals surface area contributed by atoms with Gasteiger partial charge < -0.3 is 0 Å². The van der Waals surface area contributed by atoms with E-state index in [4.69, 9.17) is 23.2 Å². The van der Waals surface area contributed by atoms with Crippen LogP contribution < -0.4 is 5.56 Å². The van der Waals surface area contributed by atoms with Crippen LogP contribution in [0.15, 0.2) is 76.7 Å². The zero-order valence-corrected chi connectivity index (χ0v) is 16.7. The molecule has 0 fully saturated rings. The van der Waals surface area contributed by atoms with E-state index in [9.17, 15) is 9.18 Å². The Morgan fingerprint density at radius 1 is 1.00 bits per heavy atom. The van der Waals surface area contributed by atoms with Crippen LogP contribution in [0.2, 0.25) is 10.0 Å². The molecule has 0 amide bonds. The zero-order chi connectivity index (χ0) is 19.7.